The van der Waals surface area contributed by atoms with E-state index in [2.05, 4.69) is 4.98 Å². The third-order valence-electron chi connectivity index (χ3n) is 3.12. The van der Waals surface area contributed by atoms with Crippen LogP contribution in [0.1, 0.15) is 28.5 Å². The molecule has 1 aromatic heterocycles. The molecule has 0 fully saturated rings. The molecule has 2 N–H and O–H groups in total. The Hall–Kier alpha value is -2.25. The molecule has 116 valence electrons. The smallest absolute Gasteiger partial charge is 0.266 e. The van der Waals surface area contributed by atoms with E-state index in [0.717, 1.165) is 12.0 Å². The zero-order valence-electron chi connectivity index (χ0n) is 12.0. The number of aromatic nitrogens is 1. The van der Waals surface area contributed by atoms with E-state index in [9.17, 15) is 13.2 Å². The fraction of sp³-hybridized carbons (Fsp3) is 0.200. The van der Waals surface area contributed by atoms with Gasteiger partial charge in [0.1, 0.15) is 0 Å². The van der Waals surface area contributed by atoms with E-state index in [1.165, 1.54) is 30.5 Å². The van der Waals surface area contributed by atoms with Gasteiger partial charge in [0.15, 0.2) is 0 Å². The van der Waals surface area contributed by atoms with Crippen molar-refractivity contribution in [3.05, 3.63) is 59.4 Å². The number of pyridine rings is 1. The maximum Gasteiger partial charge on any atom is 0.266 e. The Balaban J connectivity index is 2.17. The maximum atomic E-state index is 12.1. The van der Waals surface area contributed by atoms with Crippen LogP contribution in [0, 0.1) is 0 Å². The van der Waals surface area contributed by atoms with Gasteiger partial charge in [-0.2, -0.15) is 0 Å². The maximum absolute atomic E-state index is 12.1. The number of hydrogen-bond acceptors (Lipinski definition) is 5. The van der Waals surface area contributed by atoms with Crippen molar-refractivity contribution in [3.8, 4) is 0 Å². The molecule has 0 saturated carbocycles. The van der Waals surface area contributed by atoms with Crippen LogP contribution in [-0.2, 0) is 23.1 Å². The van der Waals surface area contributed by atoms with Crippen molar-refractivity contribution in [1.82, 2.24) is 9.71 Å². The summed E-state index contributed by atoms with van der Waals surface area (Å²) in [5.41, 5.74) is 1.51. The van der Waals surface area contributed by atoms with Gasteiger partial charge in [-0.1, -0.05) is 19.1 Å². The first-order valence-electron chi connectivity index (χ1n) is 6.68. The number of carbonyl (C=O) groups excluding carboxylic acids is 1. The fourth-order valence-corrected chi connectivity index (χ4v) is 2.77. The van der Waals surface area contributed by atoms with Crippen LogP contribution >= 0.6 is 0 Å². The Bertz CT molecular complexity index is 753. The zero-order chi connectivity index (χ0) is 16.2. The van der Waals surface area contributed by atoms with Gasteiger partial charge in [-0.05, 0) is 36.2 Å². The average molecular weight is 320 g/mol. The van der Waals surface area contributed by atoms with Gasteiger partial charge in [-0.25, -0.2) is 13.1 Å². The molecule has 1 aromatic carbocycles. The first-order valence-corrected chi connectivity index (χ1v) is 8.16. The van der Waals surface area contributed by atoms with E-state index in [1.54, 1.807) is 12.1 Å². The van der Waals surface area contributed by atoms with E-state index in [0.29, 0.717) is 5.69 Å². The molecule has 22 heavy (non-hydrogen) atoms. The second kappa shape index (κ2) is 6.67. The van der Waals surface area contributed by atoms with Crippen LogP contribution in [0.3, 0.4) is 0 Å². The van der Waals surface area contributed by atoms with E-state index in [-0.39, 0.29) is 17.1 Å². The summed E-state index contributed by atoms with van der Waals surface area (Å²) in [5.74, 6) is -0.767. The van der Waals surface area contributed by atoms with Gasteiger partial charge in [0.2, 0.25) is 0 Å². The molecule has 2 rings (SSSR count). The van der Waals surface area contributed by atoms with E-state index < -0.39 is 15.9 Å². The summed E-state index contributed by atoms with van der Waals surface area (Å²) in [6.45, 7) is 1.72. The van der Waals surface area contributed by atoms with Crippen molar-refractivity contribution in [3.63, 3.8) is 0 Å². The van der Waals surface area contributed by atoms with Crippen LogP contribution < -0.4 is 4.72 Å². The van der Waals surface area contributed by atoms with Crippen molar-refractivity contribution in [2.24, 2.45) is 0 Å². The summed E-state index contributed by atoms with van der Waals surface area (Å²) in [4.78, 5) is 15.8. The van der Waals surface area contributed by atoms with E-state index in [4.69, 9.17) is 5.11 Å². The SMILES string of the molecule is CCc1ccc(S(=O)(=O)NC(=O)c2ccc(CO)nc2)cc1. The topological polar surface area (TPSA) is 96.4 Å². The largest absolute Gasteiger partial charge is 0.390 e. The van der Waals surface area contributed by atoms with Crippen LogP contribution in [-0.4, -0.2) is 24.4 Å². The Labute approximate surface area is 128 Å². The van der Waals surface area contributed by atoms with Gasteiger partial charge in [-0.15, -0.1) is 0 Å². The van der Waals surface area contributed by atoms with E-state index in [1.807, 2.05) is 11.6 Å². The summed E-state index contributed by atoms with van der Waals surface area (Å²) in [5, 5.41) is 8.89. The zero-order valence-corrected chi connectivity index (χ0v) is 12.8. The standard InChI is InChI=1S/C15H16N2O4S/c1-2-11-3-7-14(8-4-11)22(20,21)17-15(19)12-5-6-13(10-18)16-9-12/h3-9,18H,2,10H2,1H3,(H,17,19). The Morgan fingerprint density at radius 3 is 2.36 bits per heavy atom. The van der Waals surface area contributed by atoms with Crippen LogP contribution in [0.5, 0.6) is 0 Å². The number of aliphatic hydroxyl groups excluding tert-OH is 1. The minimum Gasteiger partial charge on any atom is -0.390 e. The molecule has 0 atom stereocenters. The molecular weight excluding hydrogens is 304 g/mol. The van der Waals surface area contributed by atoms with Crippen molar-refractivity contribution < 1.29 is 18.3 Å². The molecule has 0 saturated heterocycles. The summed E-state index contributed by atoms with van der Waals surface area (Å²) < 4.78 is 26.3. The molecule has 7 heteroatoms. The van der Waals surface area contributed by atoms with Crippen molar-refractivity contribution in [1.29, 1.82) is 0 Å². The van der Waals surface area contributed by atoms with Crippen LogP contribution in [0.2, 0.25) is 0 Å². The number of benzene rings is 1. The number of amides is 1. The number of rotatable bonds is 5. The molecule has 6 nitrogen and oxygen atoms in total. The van der Waals surface area contributed by atoms with Crippen molar-refractivity contribution in [2.75, 3.05) is 0 Å². The van der Waals surface area contributed by atoms with Crippen molar-refractivity contribution in [2.45, 2.75) is 24.8 Å². The molecular formula is C15H16N2O4S. The summed E-state index contributed by atoms with van der Waals surface area (Å²) in [7, 11) is -3.93. The molecule has 0 aliphatic heterocycles. The summed E-state index contributed by atoms with van der Waals surface area (Å²) >= 11 is 0. The number of nitrogens with one attached hydrogen (secondary N) is 1. The highest BCUT2D eigenvalue weighted by Gasteiger charge is 2.18. The molecule has 0 bridgehead atoms. The molecule has 0 unspecified atom stereocenters. The first-order chi connectivity index (χ1) is 10.5. The number of aliphatic hydroxyl groups is 1. The van der Waals surface area contributed by atoms with Gasteiger partial charge in [0, 0.05) is 6.20 Å². The second-order valence-corrected chi connectivity index (χ2v) is 6.31. The normalized spacial score (nSPS) is 11.2. The van der Waals surface area contributed by atoms with Gasteiger partial charge >= 0.3 is 0 Å². The summed E-state index contributed by atoms with van der Waals surface area (Å²) in [6, 6.07) is 9.19. The molecule has 0 aliphatic rings. The van der Waals surface area contributed by atoms with Crippen LogP contribution in [0.4, 0.5) is 0 Å². The second-order valence-electron chi connectivity index (χ2n) is 4.63. The number of hydrogen-bond donors (Lipinski definition) is 2. The van der Waals surface area contributed by atoms with E-state index >= 15 is 0 Å². The number of nitrogens with zero attached hydrogens (tertiary/aromatic N) is 1. The number of aryl methyl sites for hydroxylation is 1. The monoisotopic (exact) mass is 320 g/mol. The minimum atomic E-state index is -3.93. The molecule has 0 aliphatic carbocycles. The lowest BCUT2D eigenvalue weighted by atomic mass is 10.2. The highest BCUT2D eigenvalue weighted by molar-refractivity contribution is 7.90. The molecule has 2 aromatic rings. The lowest BCUT2D eigenvalue weighted by Crippen LogP contribution is -2.30. The van der Waals surface area contributed by atoms with Crippen LogP contribution in [0.25, 0.3) is 0 Å². The Morgan fingerprint density at radius 2 is 1.86 bits per heavy atom. The molecule has 0 spiro atoms. The third kappa shape index (κ3) is 3.69. The molecule has 1 amide bonds. The Kier molecular flexibility index (Phi) is 4.89. The predicted octanol–water partition coefficient (Wildman–Crippen LogP) is 1.26. The molecule has 0 radical (unpaired) electrons. The number of carbonyl (C=O) groups is 1. The van der Waals surface area contributed by atoms with Gasteiger partial charge in [0.25, 0.3) is 15.9 Å². The Morgan fingerprint density at radius 1 is 1.18 bits per heavy atom. The number of sulfonamides is 1. The first kappa shape index (κ1) is 16.1. The lowest BCUT2D eigenvalue weighted by molar-refractivity contribution is 0.0981. The van der Waals surface area contributed by atoms with Crippen molar-refractivity contribution >= 4 is 15.9 Å². The molecule has 1 heterocycles. The minimum absolute atomic E-state index is 0.0259. The highest BCUT2D eigenvalue weighted by Crippen LogP contribution is 2.12. The van der Waals surface area contributed by atoms with Gasteiger partial charge in [0.05, 0.1) is 22.8 Å². The predicted molar refractivity (Wildman–Crippen MR) is 80.6 cm³/mol. The quantitative estimate of drug-likeness (QED) is 0.864. The van der Waals surface area contributed by atoms with Gasteiger partial charge in [-0.3, -0.25) is 9.78 Å². The average Bonchev–Trinajstić information content (AvgIpc) is 2.54. The van der Waals surface area contributed by atoms with Gasteiger partial charge < -0.3 is 5.11 Å². The van der Waals surface area contributed by atoms with Crippen LogP contribution in [0.15, 0.2) is 47.5 Å². The third-order valence-corrected chi connectivity index (χ3v) is 4.46. The summed E-state index contributed by atoms with van der Waals surface area (Å²) in [6.07, 6.45) is 2.02. The highest BCUT2D eigenvalue weighted by atomic mass is 32.2. The fourth-order valence-electron chi connectivity index (χ4n) is 1.80. The lowest BCUT2D eigenvalue weighted by Gasteiger charge is -2.07.